The van der Waals surface area contributed by atoms with Crippen molar-refractivity contribution in [1.29, 1.82) is 0 Å². The molecule has 1 fully saturated rings. The van der Waals surface area contributed by atoms with Crippen LogP contribution >= 0.6 is 0 Å². The molecule has 0 heterocycles. The van der Waals surface area contributed by atoms with Crippen LogP contribution in [0.1, 0.15) is 77.6 Å². The van der Waals surface area contributed by atoms with E-state index in [9.17, 15) is 10.2 Å². The third-order valence-corrected chi connectivity index (χ3v) is 17.8. The first-order valence-corrected chi connectivity index (χ1v) is 29.0. The normalized spacial score (nSPS) is 14.5. The molecule has 1 saturated carbocycles. The molecule has 6 nitrogen and oxygen atoms in total. The summed E-state index contributed by atoms with van der Waals surface area (Å²) in [6.07, 6.45) is 3.51. The zero-order valence-electron chi connectivity index (χ0n) is 46.0. The Balaban J connectivity index is 0.948. The highest BCUT2D eigenvalue weighted by Crippen LogP contribution is 2.44. The second-order valence-corrected chi connectivity index (χ2v) is 23.2. The first kappa shape index (κ1) is 52.4. The number of amides is 2. The van der Waals surface area contributed by atoms with Gasteiger partial charge in [-0.2, -0.15) is 0 Å². The van der Waals surface area contributed by atoms with Gasteiger partial charge in [0, 0.05) is 25.7 Å². The summed E-state index contributed by atoms with van der Waals surface area (Å²) in [5.74, 6) is -0.885. The lowest BCUT2D eigenvalue weighted by molar-refractivity contribution is -0.150. The summed E-state index contributed by atoms with van der Waals surface area (Å²) in [7, 11) is 0. The van der Waals surface area contributed by atoms with Crippen molar-refractivity contribution in [1.82, 2.24) is 10.6 Å². The molecular formula is C76H66N2O4. The Hall–Kier alpha value is -8.94. The molecule has 0 spiro atoms. The molecule has 12 aromatic carbocycles. The zero-order chi connectivity index (χ0) is 55.7. The summed E-state index contributed by atoms with van der Waals surface area (Å²) in [4.78, 5) is 32.9. The molecule has 4 N–H and O–H groups in total. The van der Waals surface area contributed by atoms with E-state index >= 15 is 9.59 Å². The average molecular weight is 1070 g/mol. The molecule has 2 atom stereocenters. The van der Waals surface area contributed by atoms with E-state index in [0.29, 0.717) is 12.8 Å². The molecule has 6 heteroatoms. The van der Waals surface area contributed by atoms with Crippen molar-refractivity contribution in [3.05, 3.63) is 288 Å². The largest absolute Gasteiger partial charge is 0.387 e. The van der Waals surface area contributed by atoms with Crippen LogP contribution < -0.4 is 10.6 Å². The van der Waals surface area contributed by atoms with Crippen LogP contribution in [0.5, 0.6) is 0 Å². The molecular weight excluding hydrogens is 1000 g/mol. The van der Waals surface area contributed by atoms with E-state index in [4.69, 9.17) is 0 Å². The van der Waals surface area contributed by atoms with Gasteiger partial charge in [0.05, 0.1) is 23.3 Å². The number of fused-ring (bicyclic) bond motifs is 6. The minimum absolute atomic E-state index is 0.192. The van der Waals surface area contributed by atoms with E-state index in [1.807, 2.05) is 97.1 Å². The molecule has 2 amide bonds. The van der Waals surface area contributed by atoms with Crippen molar-refractivity contribution in [3.8, 4) is 0 Å². The van der Waals surface area contributed by atoms with Gasteiger partial charge in [0.2, 0.25) is 11.8 Å². The van der Waals surface area contributed by atoms with Gasteiger partial charge in [0.15, 0.2) is 0 Å². The molecule has 0 unspecified atom stereocenters. The van der Waals surface area contributed by atoms with Crippen LogP contribution in [0.3, 0.4) is 0 Å². The summed E-state index contributed by atoms with van der Waals surface area (Å²) in [6.45, 7) is 0. The SMILES string of the molecule is O=C(N[C@@H](c1cccc2ccccc12)C(O)(Cc1ccc2ccccc2c1)Cc1ccc2ccccc2c1)C1(C(=O)N[C@@H](c2cccc3ccccc23)C(O)(Cc2ccc3ccccc3c2)Cc2ccc3ccccc3c2)CCCCC1. The smallest absolute Gasteiger partial charge is 0.236 e. The summed E-state index contributed by atoms with van der Waals surface area (Å²) < 4.78 is 0. The fourth-order valence-electron chi connectivity index (χ4n) is 13.6. The molecule has 0 bridgehead atoms. The van der Waals surface area contributed by atoms with Gasteiger partial charge in [0.25, 0.3) is 0 Å². The molecule has 13 rings (SSSR count). The van der Waals surface area contributed by atoms with Gasteiger partial charge < -0.3 is 20.8 Å². The van der Waals surface area contributed by atoms with Crippen LogP contribution in [-0.2, 0) is 35.3 Å². The second-order valence-electron chi connectivity index (χ2n) is 23.2. The van der Waals surface area contributed by atoms with Crippen LogP contribution in [0.4, 0.5) is 0 Å². The molecule has 404 valence electrons. The fourth-order valence-corrected chi connectivity index (χ4v) is 13.6. The Morgan fingerprint density at radius 3 is 0.951 bits per heavy atom. The van der Waals surface area contributed by atoms with Gasteiger partial charge >= 0.3 is 0 Å². The van der Waals surface area contributed by atoms with Gasteiger partial charge in [-0.15, -0.1) is 0 Å². The van der Waals surface area contributed by atoms with Crippen molar-refractivity contribution >= 4 is 76.4 Å². The standard InChI is InChI=1S/C76H66N2O4/c79-72(77-70(68-32-16-28-60-22-10-12-30-66(60)68)75(81,48-52-34-38-56-18-2-6-24-62(56)44-52)49-53-35-39-57-19-3-7-25-63(57)45-53)74(42-14-1-15-43-74)73(80)78-71(69-33-17-29-61-23-11-13-31-67(61)69)76(82,50-54-36-40-58-20-4-8-26-64(58)46-54)51-55-37-41-59-21-5-9-27-65(59)47-55/h2-13,16-41,44-47,70-71,81-82H,1,14-15,42-43,48-51H2,(H,77,79)(H,78,80)/t70-,71-/m0/s1. The van der Waals surface area contributed by atoms with E-state index in [1.54, 1.807) is 0 Å². The lowest BCUT2D eigenvalue weighted by atomic mass is 9.70. The minimum Gasteiger partial charge on any atom is -0.387 e. The molecule has 82 heavy (non-hydrogen) atoms. The van der Waals surface area contributed by atoms with Crippen molar-refractivity contribution in [3.63, 3.8) is 0 Å². The molecule has 1 aliphatic carbocycles. The van der Waals surface area contributed by atoms with E-state index in [-0.39, 0.29) is 38.5 Å². The number of carbonyl (C=O) groups is 2. The van der Waals surface area contributed by atoms with Gasteiger partial charge in [-0.3, -0.25) is 9.59 Å². The third-order valence-electron chi connectivity index (χ3n) is 17.8. The lowest BCUT2D eigenvalue weighted by Gasteiger charge is -2.43. The quantitative estimate of drug-likeness (QED) is 0.0725. The molecule has 0 radical (unpaired) electrons. The number of hydrogen-bond acceptors (Lipinski definition) is 4. The predicted octanol–water partition coefficient (Wildman–Crippen LogP) is 16.0. The molecule has 0 saturated heterocycles. The van der Waals surface area contributed by atoms with E-state index in [1.165, 1.54) is 0 Å². The highest BCUT2D eigenvalue weighted by atomic mass is 16.3. The summed E-state index contributed by atoms with van der Waals surface area (Å²) >= 11 is 0. The maximum absolute atomic E-state index is 16.4. The van der Waals surface area contributed by atoms with Gasteiger partial charge in [0.1, 0.15) is 5.41 Å². The Morgan fingerprint density at radius 2 is 0.622 bits per heavy atom. The number of rotatable bonds is 16. The van der Waals surface area contributed by atoms with Gasteiger partial charge in [-0.05, 0) is 111 Å². The number of nitrogens with one attached hydrogen (secondary N) is 2. The number of carbonyl (C=O) groups excluding carboxylic acids is 2. The zero-order valence-corrected chi connectivity index (χ0v) is 46.0. The predicted molar refractivity (Wildman–Crippen MR) is 336 cm³/mol. The first-order valence-electron chi connectivity index (χ1n) is 29.0. The second kappa shape index (κ2) is 22.2. The van der Waals surface area contributed by atoms with Crippen LogP contribution in [0, 0.1) is 5.41 Å². The number of hydrogen-bond donors (Lipinski definition) is 4. The maximum atomic E-state index is 16.4. The highest BCUT2D eigenvalue weighted by molar-refractivity contribution is 6.06. The van der Waals surface area contributed by atoms with Gasteiger partial charge in [-0.25, -0.2) is 0 Å². The number of aliphatic hydroxyl groups is 2. The molecule has 12 aromatic rings. The first-order chi connectivity index (χ1) is 40.1. The van der Waals surface area contributed by atoms with Crippen molar-refractivity contribution < 1.29 is 19.8 Å². The average Bonchev–Trinajstić information content (AvgIpc) is 3.71. The summed E-state index contributed by atoms with van der Waals surface area (Å²) in [6, 6.07) is 84.6. The Morgan fingerprint density at radius 1 is 0.341 bits per heavy atom. The van der Waals surface area contributed by atoms with Crippen LogP contribution in [-0.4, -0.2) is 33.2 Å². The Labute approximate surface area is 479 Å². The van der Waals surface area contributed by atoms with E-state index in [0.717, 1.165) is 104 Å². The minimum atomic E-state index is -1.64. The molecule has 0 aliphatic heterocycles. The maximum Gasteiger partial charge on any atom is 0.236 e. The van der Waals surface area contributed by atoms with Gasteiger partial charge in [-0.1, -0.05) is 274 Å². The Kier molecular flexibility index (Phi) is 14.2. The molecule has 1 aliphatic rings. The van der Waals surface area contributed by atoms with E-state index in [2.05, 4.69) is 168 Å². The van der Waals surface area contributed by atoms with Crippen molar-refractivity contribution in [2.75, 3.05) is 0 Å². The monoisotopic (exact) mass is 1070 g/mol. The molecule has 0 aromatic heterocycles. The summed E-state index contributed by atoms with van der Waals surface area (Å²) in [5, 5.41) is 47.8. The van der Waals surface area contributed by atoms with Crippen LogP contribution in [0.25, 0.3) is 64.6 Å². The van der Waals surface area contributed by atoms with E-state index < -0.39 is 40.5 Å². The third kappa shape index (κ3) is 10.4. The van der Waals surface area contributed by atoms with Crippen LogP contribution in [0.15, 0.2) is 255 Å². The highest BCUT2D eigenvalue weighted by Gasteiger charge is 2.52. The Bertz CT molecular complexity index is 3900. The topological polar surface area (TPSA) is 98.7 Å². The van der Waals surface area contributed by atoms with Crippen molar-refractivity contribution in [2.45, 2.75) is 81.1 Å². The summed E-state index contributed by atoms with van der Waals surface area (Å²) in [5.41, 5.74) is 0.340. The fraction of sp³-hybridized carbons (Fsp3) is 0.184. The van der Waals surface area contributed by atoms with Crippen molar-refractivity contribution in [2.24, 2.45) is 5.41 Å². The number of benzene rings is 12. The lowest BCUT2D eigenvalue weighted by Crippen LogP contribution is -2.59. The van der Waals surface area contributed by atoms with Crippen LogP contribution in [0.2, 0.25) is 0 Å².